The Morgan fingerprint density at radius 3 is 2.09 bits per heavy atom. The van der Waals surface area contributed by atoms with Gasteiger partial charge in [0.2, 0.25) is 11.8 Å². The lowest BCUT2D eigenvalue weighted by Gasteiger charge is -2.47. The van der Waals surface area contributed by atoms with Gasteiger partial charge in [-0.25, -0.2) is 4.57 Å². The Morgan fingerprint density at radius 1 is 0.933 bits per heavy atom. The topological polar surface area (TPSA) is 162 Å². The minimum absolute atomic E-state index is 0.00323. The van der Waals surface area contributed by atoms with E-state index >= 15 is 0 Å². The maximum Gasteiger partial charge on any atom is 0.472 e. The molecule has 2 fully saturated rings. The van der Waals surface area contributed by atoms with Crippen molar-refractivity contribution in [2.24, 2.45) is 0 Å². The van der Waals surface area contributed by atoms with Crippen LogP contribution in [0.3, 0.4) is 0 Å². The number of nitrogens with zero attached hydrogens (tertiary/aromatic N) is 4. The Balaban J connectivity index is 1.27. The number of carbonyl (C=O) groups is 2. The van der Waals surface area contributed by atoms with Gasteiger partial charge in [0, 0.05) is 43.5 Å². The Morgan fingerprint density at radius 2 is 1.51 bits per heavy atom. The molecule has 6 rings (SSSR count). The lowest BCUT2D eigenvalue weighted by Crippen LogP contribution is -2.55. The molecule has 4 aliphatic heterocycles. The number of benzene rings is 2. The van der Waals surface area contributed by atoms with Gasteiger partial charge in [0.05, 0.1) is 42.0 Å². The van der Waals surface area contributed by atoms with Crippen LogP contribution in [0.5, 0.6) is 11.5 Å². The number of fused-ring (bicyclic) bond motifs is 2. The average Bonchev–Trinajstić information content (AvgIpc) is 3.63. The number of rotatable bonds is 7. The summed E-state index contributed by atoms with van der Waals surface area (Å²) in [5, 5.41) is 19.0. The number of carbonyl (C=O) groups excluding carboxylic acids is 2. The van der Waals surface area contributed by atoms with E-state index in [0.29, 0.717) is 66.1 Å². The van der Waals surface area contributed by atoms with E-state index < -0.39 is 37.2 Å². The molecule has 4 aliphatic rings. The fourth-order valence-electron chi connectivity index (χ4n) is 6.86. The first-order chi connectivity index (χ1) is 21.3. The molecule has 0 aromatic heterocycles. The van der Waals surface area contributed by atoms with Crippen molar-refractivity contribution in [1.82, 2.24) is 9.80 Å². The lowest BCUT2D eigenvalue weighted by molar-refractivity contribution is -0.139. The standard InChI is InChI=1S/C32H35N4O8P/c1-31(2)30(29(36-13-5-7-28(36)38)23-15-21(18-34)9-11-26(23)42-31)44-45(39,40)41-19-32(3)16-24(35-12-4-6-27(35)37)22-14-20(17-33)8-10-25(22)43-32/h8-11,14-15,24,29-30H,4-7,12-13,16,19H2,1-3H3,(H,39,40)/t24?,29-,30-,32?/m1/s1. The normalized spacial score (nSPS) is 28.3. The summed E-state index contributed by atoms with van der Waals surface area (Å²) in [6.07, 6.45) is 1.23. The van der Waals surface area contributed by atoms with Crippen LogP contribution in [0.1, 0.15) is 87.2 Å². The molecule has 236 valence electrons. The summed E-state index contributed by atoms with van der Waals surface area (Å²) in [4.78, 5) is 40.3. The molecule has 5 atom stereocenters. The zero-order valence-corrected chi connectivity index (χ0v) is 26.3. The maximum atomic E-state index is 13.7. The maximum absolute atomic E-state index is 13.7. The van der Waals surface area contributed by atoms with Crippen molar-refractivity contribution in [1.29, 1.82) is 10.5 Å². The molecule has 0 radical (unpaired) electrons. The Bertz CT molecular complexity index is 1680. The number of phosphoric ester groups is 1. The molecule has 1 N–H and O–H groups in total. The number of hydrogen-bond donors (Lipinski definition) is 1. The molecular weight excluding hydrogens is 599 g/mol. The second-order valence-electron chi connectivity index (χ2n) is 12.8. The summed E-state index contributed by atoms with van der Waals surface area (Å²) in [5.74, 6) is 0.791. The predicted octanol–water partition coefficient (Wildman–Crippen LogP) is 4.67. The summed E-state index contributed by atoms with van der Waals surface area (Å²) in [6.45, 7) is 5.78. The lowest BCUT2D eigenvalue weighted by atomic mass is 9.85. The number of likely N-dealkylation sites (tertiary alicyclic amines) is 2. The van der Waals surface area contributed by atoms with Crippen LogP contribution in [0.15, 0.2) is 36.4 Å². The van der Waals surface area contributed by atoms with Crippen molar-refractivity contribution in [2.45, 2.75) is 82.3 Å². The number of nitriles is 2. The smallest absolute Gasteiger partial charge is 0.472 e. The van der Waals surface area contributed by atoms with Crippen molar-refractivity contribution in [2.75, 3.05) is 19.7 Å². The molecule has 0 bridgehead atoms. The summed E-state index contributed by atoms with van der Waals surface area (Å²) < 4.78 is 37.7. The first-order valence-electron chi connectivity index (χ1n) is 15.0. The van der Waals surface area contributed by atoms with Crippen molar-refractivity contribution in [3.63, 3.8) is 0 Å². The molecule has 13 heteroatoms. The van der Waals surface area contributed by atoms with E-state index in [1.54, 1.807) is 67.0 Å². The van der Waals surface area contributed by atoms with E-state index in [0.717, 1.165) is 6.42 Å². The molecule has 2 aromatic carbocycles. The molecule has 3 unspecified atom stereocenters. The van der Waals surface area contributed by atoms with Gasteiger partial charge in [-0.2, -0.15) is 10.5 Å². The number of phosphoric acid groups is 1. The van der Waals surface area contributed by atoms with Crippen LogP contribution in [0.4, 0.5) is 0 Å². The Hall–Kier alpha value is -3.93. The highest BCUT2D eigenvalue weighted by Crippen LogP contribution is 2.55. The SMILES string of the molecule is CC1(COP(=O)(O)O[C@@H]2[C@H](N3CCCC3=O)c3cc(C#N)ccc3OC2(C)C)CC(N2CCCC2=O)c2cc(C#N)ccc2O1. The molecule has 0 spiro atoms. The highest BCUT2D eigenvalue weighted by molar-refractivity contribution is 7.47. The van der Waals surface area contributed by atoms with Gasteiger partial charge in [-0.15, -0.1) is 0 Å². The van der Waals surface area contributed by atoms with Gasteiger partial charge in [0.25, 0.3) is 0 Å². The zero-order chi connectivity index (χ0) is 32.1. The van der Waals surface area contributed by atoms with E-state index in [1.165, 1.54) is 0 Å². The van der Waals surface area contributed by atoms with Crippen LogP contribution < -0.4 is 9.47 Å². The Kier molecular flexibility index (Phi) is 7.91. The highest BCUT2D eigenvalue weighted by atomic mass is 31.2. The number of ether oxygens (including phenoxy) is 2. The molecule has 0 aliphatic carbocycles. The first kappa shape index (κ1) is 31.1. The summed E-state index contributed by atoms with van der Waals surface area (Å²) in [7, 11) is -4.82. The predicted molar refractivity (Wildman–Crippen MR) is 159 cm³/mol. The summed E-state index contributed by atoms with van der Waals surface area (Å²) in [5.41, 5.74) is -0.281. The van der Waals surface area contributed by atoms with Gasteiger partial charge in [-0.05, 0) is 70.0 Å². The second kappa shape index (κ2) is 11.5. The molecule has 2 aromatic rings. The van der Waals surface area contributed by atoms with Gasteiger partial charge in [-0.1, -0.05) is 0 Å². The minimum Gasteiger partial charge on any atom is -0.485 e. The molecule has 2 amide bonds. The van der Waals surface area contributed by atoms with Crippen LogP contribution in [0.2, 0.25) is 0 Å². The van der Waals surface area contributed by atoms with Gasteiger partial charge in [0.1, 0.15) is 28.8 Å². The van der Waals surface area contributed by atoms with Gasteiger partial charge in [0.15, 0.2) is 0 Å². The zero-order valence-electron chi connectivity index (χ0n) is 25.4. The van der Waals surface area contributed by atoms with E-state index in [4.69, 9.17) is 18.5 Å². The average molecular weight is 635 g/mol. The minimum atomic E-state index is -4.82. The van der Waals surface area contributed by atoms with E-state index in [-0.39, 0.29) is 24.8 Å². The van der Waals surface area contributed by atoms with E-state index in [1.807, 2.05) is 0 Å². The van der Waals surface area contributed by atoms with E-state index in [2.05, 4.69) is 12.1 Å². The van der Waals surface area contributed by atoms with Gasteiger partial charge < -0.3 is 24.2 Å². The molecule has 12 nitrogen and oxygen atoms in total. The quantitative estimate of drug-likeness (QED) is 0.424. The summed E-state index contributed by atoms with van der Waals surface area (Å²) in [6, 6.07) is 12.9. The van der Waals surface area contributed by atoms with Crippen molar-refractivity contribution in [3.8, 4) is 23.6 Å². The third-order valence-corrected chi connectivity index (χ3v) is 9.94. The molecule has 0 saturated carbocycles. The largest absolute Gasteiger partial charge is 0.485 e. The molecule has 4 heterocycles. The van der Waals surface area contributed by atoms with Crippen molar-refractivity contribution >= 4 is 19.6 Å². The molecule has 45 heavy (non-hydrogen) atoms. The van der Waals surface area contributed by atoms with Crippen LogP contribution in [-0.2, 0) is 23.2 Å². The number of amides is 2. The van der Waals surface area contributed by atoms with E-state index in [9.17, 15) is 29.6 Å². The number of hydrogen-bond acceptors (Lipinski definition) is 9. The van der Waals surface area contributed by atoms with Crippen molar-refractivity contribution in [3.05, 3.63) is 58.7 Å². The molecular formula is C32H35N4O8P. The second-order valence-corrected chi connectivity index (χ2v) is 14.2. The van der Waals surface area contributed by atoms with Gasteiger partial charge >= 0.3 is 7.82 Å². The fraction of sp³-hybridized carbons (Fsp3) is 0.500. The van der Waals surface area contributed by atoms with Crippen LogP contribution in [0, 0.1) is 22.7 Å². The Labute approximate surface area is 261 Å². The monoisotopic (exact) mass is 634 g/mol. The van der Waals surface area contributed by atoms with Crippen LogP contribution in [-0.4, -0.2) is 63.5 Å². The third kappa shape index (κ3) is 5.92. The highest BCUT2D eigenvalue weighted by Gasteiger charge is 2.53. The first-order valence-corrected chi connectivity index (χ1v) is 16.5. The summed E-state index contributed by atoms with van der Waals surface area (Å²) >= 11 is 0. The fourth-order valence-corrected chi connectivity index (χ4v) is 8.01. The molecule has 2 saturated heterocycles. The van der Waals surface area contributed by atoms with Crippen molar-refractivity contribution < 1.29 is 37.6 Å². The van der Waals surface area contributed by atoms with Gasteiger partial charge in [-0.3, -0.25) is 18.6 Å². The van der Waals surface area contributed by atoms with Crippen LogP contribution in [0.25, 0.3) is 0 Å². The third-order valence-electron chi connectivity index (χ3n) is 8.99. The van der Waals surface area contributed by atoms with Crippen LogP contribution >= 0.6 is 7.82 Å².